The molecule has 116 valence electrons. The summed E-state index contributed by atoms with van der Waals surface area (Å²) in [6.07, 6.45) is 0. The molecule has 0 radical (unpaired) electrons. The van der Waals surface area contributed by atoms with E-state index in [9.17, 15) is 4.79 Å². The molecule has 1 aliphatic rings. The Labute approximate surface area is 132 Å². The van der Waals surface area contributed by atoms with E-state index in [-0.39, 0.29) is 5.56 Å². The number of aromatic amines is 1. The summed E-state index contributed by atoms with van der Waals surface area (Å²) >= 11 is 0. The maximum Gasteiger partial charge on any atom is 0.253 e. The highest BCUT2D eigenvalue weighted by Gasteiger charge is 2.11. The molecule has 3 aromatic rings. The maximum atomic E-state index is 12.1. The topological polar surface area (TPSA) is 63.4 Å². The number of hydrogen-bond acceptors (Lipinski definition) is 4. The Morgan fingerprint density at radius 3 is 2.74 bits per heavy atom. The van der Waals surface area contributed by atoms with E-state index in [4.69, 9.17) is 9.47 Å². The first kappa shape index (κ1) is 13.7. The van der Waals surface area contributed by atoms with Gasteiger partial charge in [-0.2, -0.15) is 0 Å². The largest absolute Gasteiger partial charge is 0.486 e. The molecule has 2 N–H and O–H groups in total. The first-order valence-electron chi connectivity index (χ1n) is 7.54. The van der Waals surface area contributed by atoms with Crippen LogP contribution in [-0.4, -0.2) is 18.2 Å². The van der Waals surface area contributed by atoms with Crippen LogP contribution >= 0.6 is 0 Å². The number of para-hydroxylation sites is 1. The van der Waals surface area contributed by atoms with E-state index in [0.29, 0.717) is 25.3 Å². The number of benzene rings is 2. The van der Waals surface area contributed by atoms with E-state index in [0.717, 1.165) is 28.1 Å². The smallest absolute Gasteiger partial charge is 0.253 e. The van der Waals surface area contributed by atoms with Gasteiger partial charge < -0.3 is 19.8 Å². The van der Waals surface area contributed by atoms with Gasteiger partial charge in [-0.1, -0.05) is 18.2 Å². The first-order valence-corrected chi connectivity index (χ1v) is 7.54. The lowest BCUT2D eigenvalue weighted by atomic mass is 10.1. The third-order valence-corrected chi connectivity index (χ3v) is 3.86. The summed E-state index contributed by atoms with van der Waals surface area (Å²) < 4.78 is 11.1. The van der Waals surface area contributed by atoms with Gasteiger partial charge in [0.05, 0.1) is 0 Å². The lowest BCUT2D eigenvalue weighted by Crippen LogP contribution is -2.17. The minimum atomic E-state index is -0.0752. The van der Waals surface area contributed by atoms with Gasteiger partial charge in [0.2, 0.25) is 0 Å². The molecular formula is C18H16N2O3. The second-order valence-electron chi connectivity index (χ2n) is 5.42. The molecule has 4 rings (SSSR count). The van der Waals surface area contributed by atoms with E-state index in [1.165, 1.54) is 0 Å². The van der Waals surface area contributed by atoms with Crippen LogP contribution in [0.1, 0.15) is 5.56 Å². The summed E-state index contributed by atoms with van der Waals surface area (Å²) in [5.41, 5.74) is 2.36. The van der Waals surface area contributed by atoms with Gasteiger partial charge in [-0.3, -0.25) is 4.79 Å². The van der Waals surface area contributed by atoms with E-state index in [1.54, 1.807) is 0 Å². The van der Waals surface area contributed by atoms with Gasteiger partial charge >= 0.3 is 0 Å². The number of rotatable bonds is 3. The van der Waals surface area contributed by atoms with E-state index >= 15 is 0 Å². The molecule has 1 aliphatic heterocycles. The average Bonchev–Trinajstić information content (AvgIpc) is 2.59. The summed E-state index contributed by atoms with van der Waals surface area (Å²) in [7, 11) is 0. The third kappa shape index (κ3) is 2.73. The number of aromatic nitrogens is 1. The van der Waals surface area contributed by atoms with Crippen molar-refractivity contribution >= 4 is 16.6 Å². The lowest BCUT2D eigenvalue weighted by molar-refractivity contribution is 0.171. The zero-order chi connectivity index (χ0) is 15.6. The average molecular weight is 308 g/mol. The molecule has 0 saturated carbocycles. The van der Waals surface area contributed by atoms with Crippen molar-refractivity contribution in [2.75, 3.05) is 18.5 Å². The SMILES string of the molecule is O=c1[nH]c2ccccc2cc1CNc1ccc2c(c1)OCCO2. The molecule has 0 bridgehead atoms. The van der Waals surface area contributed by atoms with Crippen LogP contribution in [-0.2, 0) is 6.54 Å². The fraction of sp³-hybridized carbons (Fsp3) is 0.167. The van der Waals surface area contributed by atoms with Crippen LogP contribution in [0.4, 0.5) is 5.69 Å². The molecule has 5 nitrogen and oxygen atoms in total. The van der Waals surface area contributed by atoms with Crippen molar-refractivity contribution in [2.24, 2.45) is 0 Å². The second kappa shape index (κ2) is 5.68. The number of anilines is 1. The molecule has 0 amide bonds. The summed E-state index contributed by atoms with van der Waals surface area (Å²) in [6, 6.07) is 15.4. The van der Waals surface area contributed by atoms with Crippen LogP contribution in [0, 0.1) is 0 Å². The number of H-pyrrole nitrogens is 1. The van der Waals surface area contributed by atoms with E-state index in [2.05, 4.69) is 10.3 Å². The molecule has 0 unspecified atom stereocenters. The zero-order valence-electron chi connectivity index (χ0n) is 12.5. The minimum Gasteiger partial charge on any atom is -0.486 e. The standard InChI is InChI=1S/C18H16N2O3/c21-18-13(9-12-3-1-2-4-15(12)20-18)11-19-14-5-6-16-17(10-14)23-8-7-22-16/h1-6,9-10,19H,7-8,11H2,(H,20,21). The van der Waals surface area contributed by atoms with Crippen molar-refractivity contribution < 1.29 is 9.47 Å². The molecule has 23 heavy (non-hydrogen) atoms. The minimum absolute atomic E-state index is 0.0752. The maximum absolute atomic E-state index is 12.1. The van der Waals surface area contributed by atoms with Crippen LogP contribution in [0.5, 0.6) is 11.5 Å². The van der Waals surface area contributed by atoms with Crippen molar-refractivity contribution in [1.29, 1.82) is 0 Å². The Balaban J connectivity index is 1.57. The van der Waals surface area contributed by atoms with E-state index in [1.807, 2.05) is 48.5 Å². The molecule has 0 saturated heterocycles. The van der Waals surface area contributed by atoms with Gasteiger partial charge in [0.15, 0.2) is 11.5 Å². The predicted octanol–water partition coefficient (Wildman–Crippen LogP) is 2.91. The van der Waals surface area contributed by atoms with Crippen molar-refractivity contribution in [1.82, 2.24) is 4.98 Å². The molecule has 0 fully saturated rings. The Hall–Kier alpha value is -2.95. The molecule has 0 spiro atoms. The molecule has 2 aromatic carbocycles. The number of ether oxygens (including phenoxy) is 2. The Morgan fingerprint density at radius 2 is 1.83 bits per heavy atom. The summed E-state index contributed by atoms with van der Waals surface area (Å²) in [6.45, 7) is 1.58. The zero-order valence-corrected chi connectivity index (χ0v) is 12.5. The van der Waals surface area contributed by atoms with Crippen molar-refractivity contribution in [3.05, 3.63) is 64.4 Å². The number of pyridine rings is 1. The van der Waals surface area contributed by atoms with Crippen molar-refractivity contribution in [3.8, 4) is 11.5 Å². The third-order valence-electron chi connectivity index (χ3n) is 3.86. The molecule has 0 atom stereocenters. The van der Waals surface area contributed by atoms with Gasteiger partial charge in [0, 0.05) is 29.4 Å². The molecule has 1 aromatic heterocycles. The fourth-order valence-corrected chi connectivity index (χ4v) is 2.67. The summed E-state index contributed by atoms with van der Waals surface area (Å²) in [5, 5.41) is 4.28. The highest BCUT2D eigenvalue weighted by atomic mass is 16.6. The Kier molecular flexibility index (Phi) is 3.38. The first-order chi connectivity index (χ1) is 11.3. The van der Waals surface area contributed by atoms with Crippen molar-refractivity contribution in [2.45, 2.75) is 6.54 Å². The lowest BCUT2D eigenvalue weighted by Gasteiger charge is -2.19. The number of hydrogen-bond donors (Lipinski definition) is 2. The Morgan fingerprint density at radius 1 is 1.00 bits per heavy atom. The summed E-state index contributed by atoms with van der Waals surface area (Å²) in [4.78, 5) is 15.1. The van der Waals surface area contributed by atoms with Crippen molar-refractivity contribution in [3.63, 3.8) is 0 Å². The number of fused-ring (bicyclic) bond motifs is 2. The molecular weight excluding hydrogens is 292 g/mol. The molecule has 5 heteroatoms. The predicted molar refractivity (Wildman–Crippen MR) is 89.3 cm³/mol. The van der Waals surface area contributed by atoms with Gasteiger partial charge in [-0.15, -0.1) is 0 Å². The highest BCUT2D eigenvalue weighted by molar-refractivity contribution is 5.78. The second-order valence-corrected chi connectivity index (χ2v) is 5.42. The highest BCUT2D eigenvalue weighted by Crippen LogP contribution is 2.32. The van der Waals surface area contributed by atoms with Gasteiger partial charge in [0.25, 0.3) is 5.56 Å². The van der Waals surface area contributed by atoms with Crippen LogP contribution in [0.2, 0.25) is 0 Å². The van der Waals surface area contributed by atoms with Crippen LogP contribution < -0.4 is 20.3 Å². The summed E-state index contributed by atoms with van der Waals surface area (Å²) in [5.74, 6) is 1.49. The van der Waals surface area contributed by atoms with Gasteiger partial charge in [0.1, 0.15) is 13.2 Å². The normalized spacial score (nSPS) is 13.0. The monoisotopic (exact) mass is 308 g/mol. The fourth-order valence-electron chi connectivity index (χ4n) is 2.67. The van der Waals surface area contributed by atoms with Crippen LogP contribution in [0.25, 0.3) is 10.9 Å². The van der Waals surface area contributed by atoms with Gasteiger partial charge in [-0.05, 0) is 29.7 Å². The molecule has 2 heterocycles. The Bertz CT molecular complexity index is 918. The number of nitrogens with one attached hydrogen (secondary N) is 2. The quantitative estimate of drug-likeness (QED) is 0.781. The van der Waals surface area contributed by atoms with Crippen LogP contribution in [0.15, 0.2) is 53.3 Å². The molecule has 0 aliphatic carbocycles. The van der Waals surface area contributed by atoms with E-state index < -0.39 is 0 Å². The van der Waals surface area contributed by atoms with Gasteiger partial charge in [-0.25, -0.2) is 0 Å². The van der Waals surface area contributed by atoms with Crippen LogP contribution in [0.3, 0.4) is 0 Å².